The van der Waals surface area contributed by atoms with Crippen molar-refractivity contribution in [3.8, 4) is 11.5 Å². The van der Waals surface area contributed by atoms with Crippen LogP contribution in [0.4, 0.5) is 0 Å². The predicted molar refractivity (Wildman–Crippen MR) is 84.0 cm³/mol. The average Bonchev–Trinajstić information content (AvgIpc) is 3.00. The van der Waals surface area contributed by atoms with E-state index in [-0.39, 0.29) is 12.7 Å². The topological polar surface area (TPSA) is 47.6 Å². The van der Waals surface area contributed by atoms with Crippen LogP contribution in [-0.4, -0.2) is 19.2 Å². The Labute approximate surface area is 130 Å². The molecule has 0 atom stereocenters. The van der Waals surface area contributed by atoms with Gasteiger partial charge in [0.15, 0.2) is 11.5 Å². The summed E-state index contributed by atoms with van der Waals surface area (Å²) in [7, 11) is 0. The van der Waals surface area contributed by atoms with Crippen LogP contribution in [0.5, 0.6) is 11.5 Å². The quantitative estimate of drug-likeness (QED) is 0.834. The third-order valence-electron chi connectivity index (χ3n) is 3.61. The molecule has 0 saturated carbocycles. The van der Waals surface area contributed by atoms with Crippen molar-refractivity contribution in [2.24, 2.45) is 0 Å². The molecule has 0 aliphatic carbocycles. The Bertz CT molecular complexity index is 640. The Morgan fingerprint density at radius 3 is 2.68 bits per heavy atom. The number of hydrogen-bond acceptors (Lipinski definition) is 3. The molecule has 1 aliphatic rings. The van der Waals surface area contributed by atoms with Crippen molar-refractivity contribution < 1.29 is 14.3 Å². The number of hydrogen-bond donors (Lipinski definition) is 1. The van der Waals surface area contributed by atoms with Gasteiger partial charge in [-0.1, -0.05) is 36.4 Å². The van der Waals surface area contributed by atoms with Gasteiger partial charge in [0.1, 0.15) is 0 Å². The molecule has 0 unspecified atom stereocenters. The first-order chi connectivity index (χ1) is 10.8. The summed E-state index contributed by atoms with van der Waals surface area (Å²) in [6.45, 7) is 0.947. The van der Waals surface area contributed by atoms with Gasteiger partial charge in [0.2, 0.25) is 12.7 Å². The number of nitrogens with one attached hydrogen (secondary N) is 1. The lowest BCUT2D eigenvalue weighted by atomic mass is 10.1. The van der Waals surface area contributed by atoms with Gasteiger partial charge in [-0.3, -0.25) is 4.79 Å². The summed E-state index contributed by atoms with van der Waals surface area (Å²) in [5.41, 5.74) is 2.23. The van der Waals surface area contributed by atoms with Crippen LogP contribution in [0.15, 0.2) is 48.5 Å². The van der Waals surface area contributed by atoms with Crippen LogP contribution >= 0.6 is 0 Å². The lowest BCUT2D eigenvalue weighted by Gasteiger charge is -2.06. The Morgan fingerprint density at radius 2 is 1.82 bits per heavy atom. The number of carbonyl (C=O) groups excluding carboxylic acids is 1. The Kier molecular flexibility index (Phi) is 4.59. The summed E-state index contributed by atoms with van der Waals surface area (Å²) >= 11 is 0. The second-order valence-corrected chi connectivity index (χ2v) is 5.30. The van der Waals surface area contributed by atoms with E-state index in [9.17, 15) is 4.79 Å². The van der Waals surface area contributed by atoms with Crippen LogP contribution < -0.4 is 14.8 Å². The maximum absolute atomic E-state index is 11.9. The highest BCUT2D eigenvalue weighted by Gasteiger charge is 2.14. The van der Waals surface area contributed by atoms with Gasteiger partial charge in [0, 0.05) is 6.54 Å². The second kappa shape index (κ2) is 6.98. The van der Waals surface area contributed by atoms with Crippen LogP contribution in [0.25, 0.3) is 0 Å². The van der Waals surface area contributed by atoms with Crippen LogP contribution in [-0.2, 0) is 17.6 Å². The van der Waals surface area contributed by atoms with Gasteiger partial charge in [0.05, 0.1) is 6.42 Å². The fourth-order valence-electron chi connectivity index (χ4n) is 2.46. The van der Waals surface area contributed by atoms with Crippen LogP contribution in [0.3, 0.4) is 0 Å². The first-order valence-electron chi connectivity index (χ1n) is 7.50. The van der Waals surface area contributed by atoms with Gasteiger partial charge in [-0.2, -0.15) is 0 Å². The van der Waals surface area contributed by atoms with E-state index >= 15 is 0 Å². The summed E-state index contributed by atoms with van der Waals surface area (Å²) in [6.07, 6.45) is 2.28. The van der Waals surface area contributed by atoms with Crippen molar-refractivity contribution in [2.45, 2.75) is 19.3 Å². The monoisotopic (exact) mass is 297 g/mol. The first kappa shape index (κ1) is 14.4. The molecule has 1 N–H and O–H groups in total. The molecule has 0 saturated heterocycles. The molecular weight excluding hydrogens is 278 g/mol. The highest BCUT2D eigenvalue weighted by molar-refractivity contribution is 5.78. The number of benzene rings is 2. The predicted octanol–water partition coefficient (Wildman–Crippen LogP) is 2.71. The van der Waals surface area contributed by atoms with Crippen LogP contribution in [0.1, 0.15) is 17.5 Å². The molecule has 2 aromatic rings. The Morgan fingerprint density at radius 1 is 1.00 bits per heavy atom. The van der Waals surface area contributed by atoms with E-state index in [0.717, 1.165) is 29.9 Å². The summed E-state index contributed by atoms with van der Waals surface area (Å²) in [5, 5.41) is 2.96. The standard InChI is InChI=1S/C18H19NO3/c20-18(19-10-4-7-14-5-2-1-3-6-14)12-15-8-9-16-17(11-15)22-13-21-16/h1-3,5-6,8-9,11H,4,7,10,12-13H2,(H,19,20). The molecule has 1 heterocycles. The van der Waals surface area contributed by atoms with Gasteiger partial charge in [-0.25, -0.2) is 0 Å². The van der Waals surface area contributed by atoms with Crippen molar-refractivity contribution in [2.75, 3.05) is 13.3 Å². The third kappa shape index (κ3) is 3.79. The minimum atomic E-state index is 0.0342. The third-order valence-corrected chi connectivity index (χ3v) is 3.61. The molecule has 114 valence electrons. The van der Waals surface area contributed by atoms with E-state index in [1.54, 1.807) is 0 Å². The zero-order valence-corrected chi connectivity index (χ0v) is 12.4. The number of ether oxygens (including phenoxy) is 2. The molecule has 0 aromatic heterocycles. The number of amides is 1. The van der Waals surface area contributed by atoms with E-state index in [2.05, 4.69) is 17.4 Å². The Hall–Kier alpha value is -2.49. The average molecular weight is 297 g/mol. The van der Waals surface area contributed by atoms with Gasteiger partial charge < -0.3 is 14.8 Å². The van der Waals surface area contributed by atoms with E-state index in [4.69, 9.17) is 9.47 Å². The first-order valence-corrected chi connectivity index (χ1v) is 7.50. The molecule has 1 aliphatic heterocycles. The Balaban J connectivity index is 1.41. The van der Waals surface area contributed by atoms with E-state index in [1.165, 1.54) is 5.56 Å². The number of rotatable bonds is 6. The molecule has 4 nitrogen and oxygen atoms in total. The molecule has 1 amide bonds. The van der Waals surface area contributed by atoms with Crippen molar-refractivity contribution in [3.05, 3.63) is 59.7 Å². The van der Waals surface area contributed by atoms with E-state index in [0.29, 0.717) is 13.0 Å². The summed E-state index contributed by atoms with van der Waals surface area (Å²) < 4.78 is 10.6. The summed E-state index contributed by atoms with van der Waals surface area (Å²) in [4.78, 5) is 11.9. The molecule has 0 fully saturated rings. The fourth-order valence-corrected chi connectivity index (χ4v) is 2.46. The van der Waals surface area contributed by atoms with Gasteiger partial charge in [-0.15, -0.1) is 0 Å². The smallest absolute Gasteiger partial charge is 0.231 e. The molecule has 4 heteroatoms. The minimum absolute atomic E-state index is 0.0342. The molecule has 0 radical (unpaired) electrons. The highest BCUT2D eigenvalue weighted by Crippen LogP contribution is 2.32. The zero-order chi connectivity index (χ0) is 15.2. The van der Waals surface area contributed by atoms with Gasteiger partial charge in [-0.05, 0) is 36.1 Å². The van der Waals surface area contributed by atoms with Crippen molar-refractivity contribution in [1.29, 1.82) is 0 Å². The van der Waals surface area contributed by atoms with Crippen LogP contribution in [0.2, 0.25) is 0 Å². The fraction of sp³-hybridized carbons (Fsp3) is 0.278. The largest absolute Gasteiger partial charge is 0.454 e. The molecule has 2 aromatic carbocycles. The second-order valence-electron chi connectivity index (χ2n) is 5.30. The van der Waals surface area contributed by atoms with Gasteiger partial charge in [0.25, 0.3) is 0 Å². The number of aryl methyl sites for hydroxylation is 1. The zero-order valence-electron chi connectivity index (χ0n) is 12.4. The summed E-state index contributed by atoms with van der Waals surface area (Å²) in [5.74, 6) is 1.49. The lowest BCUT2D eigenvalue weighted by molar-refractivity contribution is -0.120. The minimum Gasteiger partial charge on any atom is -0.454 e. The maximum atomic E-state index is 11.9. The maximum Gasteiger partial charge on any atom is 0.231 e. The normalized spacial score (nSPS) is 12.2. The van der Waals surface area contributed by atoms with Crippen molar-refractivity contribution in [1.82, 2.24) is 5.32 Å². The molecule has 22 heavy (non-hydrogen) atoms. The van der Waals surface area contributed by atoms with Crippen molar-refractivity contribution >= 4 is 5.91 Å². The molecule has 0 bridgehead atoms. The lowest BCUT2D eigenvalue weighted by Crippen LogP contribution is -2.26. The molecule has 0 spiro atoms. The van der Waals surface area contributed by atoms with E-state index in [1.807, 2.05) is 36.4 Å². The summed E-state index contributed by atoms with van der Waals surface area (Å²) in [6, 6.07) is 15.9. The van der Waals surface area contributed by atoms with E-state index < -0.39 is 0 Å². The number of fused-ring (bicyclic) bond motifs is 1. The van der Waals surface area contributed by atoms with Crippen LogP contribution in [0, 0.1) is 0 Å². The number of carbonyl (C=O) groups is 1. The highest BCUT2D eigenvalue weighted by atomic mass is 16.7. The van der Waals surface area contributed by atoms with Crippen molar-refractivity contribution in [3.63, 3.8) is 0 Å². The van der Waals surface area contributed by atoms with Gasteiger partial charge >= 0.3 is 0 Å². The SMILES string of the molecule is O=C(Cc1ccc2c(c1)OCO2)NCCCc1ccccc1. The molecule has 3 rings (SSSR count). The molecular formula is C18H19NO3.